The standard InChI is InChI=1S/C28H35ClN2O4S/c1-19-5-8-22(9-6-19)36(33,34)31(23-11-21(29)7-10-24(23)35-4)15-25(32)30-28-14-20-12-26(2,17-28)16-27(3,13-20)18-28/h5-11,20H,12-18H2,1-4H3,(H,30,32). The highest BCUT2D eigenvalue weighted by Gasteiger charge is 2.60. The summed E-state index contributed by atoms with van der Waals surface area (Å²) in [6.45, 7) is 6.24. The molecule has 0 aliphatic heterocycles. The number of benzene rings is 2. The van der Waals surface area contributed by atoms with Crippen LogP contribution in [0.25, 0.3) is 0 Å². The number of nitrogens with zero attached hydrogens (tertiary/aromatic N) is 1. The van der Waals surface area contributed by atoms with Crippen molar-refractivity contribution >= 4 is 33.2 Å². The maximum absolute atomic E-state index is 13.9. The number of carbonyl (C=O) groups is 1. The lowest BCUT2D eigenvalue weighted by Gasteiger charge is -2.65. The molecule has 0 saturated heterocycles. The highest BCUT2D eigenvalue weighted by atomic mass is 35.5. The second-order valence-electron chi connectivity index (χ2n) is 12.1. The molecule has 0 radical (unpaired) electrons. The number of nitrogens with one attached hydrogen (secondary N) is 1. The molecule has 194 valence electrons. The molecule has 36 heavy (non-hydrogen) atoms. The number of aryl methyl sites for hydroxylation is 1. The average Bonchev–Trinajstić information content (AvgIpc) is 2.75. The van der Waals surface area contributed by atoms with Gasteiger partial charge in [0, 0.05) is 10.6 Å². The second kappa shape index (κ2) is 8.66. The fourth-order valence-corrected chi connectivity index (χ4v) is 9.64. The molecule has 0 spiro atoms. The Morgan fingerprint density at radius 1 is 1.06 bits per heavy atom. The zero-order valence-electron chi connectivity index (χ0n) is 21.4. The number of carbonyl (C=O) groups excluding carboxylic acids is 1. The van der Waals surface area contributed by atoms with Crippen LogP contribution in [0.2, 0.25) is 5.02 Å². The Kier molecular flexibility index (Phi) is 6.11. The van der Waals surface area contributed by atoms with Crippen molar-refractivity contribution in [3.8, 4) is 5.75 Å². The number of hydrogen-bond acceptors (Lipinski definition) is 4. The van der Waals surface area contributed by atoms with Crippen molar-refractivity contribution in [2.75, 3.05) is 18.0 Å². The Labute approximate surface area is 219 Å². The molecule has 4 aliphatic carbocycles. The number of methoxy groups -OCH3 is 1. The number of anilines is 1. The van der Waals surface area contributed by atoms with E-state index in [-0.39, 0.29) is 39.4 Å². The Bertz CT molecular complexity index is 1280. The monoisotopic (exact) mass is 530 g/mol. The maximum atomic E-state index is 13.9. The molecular formula is C28H35ClN2O4S. The number of ether oxygens (including phenoxy) is 1. The number of hydrogen-bond donors (Lipinski definition) is 1. The van der Waals surface area contributed by atoms with E-state index in [1.54, 1.807) is 36.4 Å². The van der Waals surface area contributed by atoms with Crippen LogP contribution in [-0.4, -0.2) is 33.5 Å². The Morgan fingerprint density at radius 3 is 2.28 bits per heavy atom. The summed E-state index contributed by atoms with van der Waals surface area (Å²) in [5, 5.41) is 3.70. The molecule has 2 aromatic carbocycles. The van der Waals surface area contributed by atoms with Crippen molar-refractivity contribution in [2.45, 2.75) is 69.7 Å². The van der Waals surface area contributed by atoms with Gasteiger partial charge in [0.2, 0.25) is 5.91 Å². The number of sulfonamides is 1. The summed E-state index contributed by atoms with van der Waals surface area (Å²) in [5.41, 5.74) is 1.36. The lowest BCUT2D eigenvalue weighted by Crippen LogP contribution is -2.65. The third-order valence-corrected chi connectivity index (χ3v) is 10.3. The Balaban J connectivity index is 1.49. The lowest BCUT2D eigenvalue weighted by molar-refractivity contribution is -0.138. The van der Waals surface area contributed by atoms with Gasteiger partial charge in [-0.2, -0.15) is 0 Å². The van der Waals surface area contributed by atoms with E-state index in [9.17, 15) is 13.2 Å². The number of rotatable bonds is 7. The van der Waals surface area contributed by atoms with Gasteiger partial charge in [0.25, 0.3) is 10.0 Å². The van der Waals surface area contributed by atoms with Crippen molar-refractivity contribution < 1.29 is 17.9 Å². The van der Waals surface area contributed by atoms with Crippen LogP contribution in [0.15, 0.2) is 47.4 Å². The zero-order valence-corrected chi connectivity index (χ0v) is 23.0. The van der Waals surface area contributed by atoms with Crippen molar-refractivity contribution in [3.05, 3.63) is 53.1 Å². The molecule has 6 rings (SSSR count). The molecule has 6 nitrogen and oxygen atoms in total. The first kappa shape index (κ1) is 25.4. The van der Waals surface area contributed by atoms with Crippen molar-refractivity contribution in [1.82, 2.24) is 5.32 Å². The fraction of sp³-hybridized carbons (Fsp3) is 0.536. The summed E-state index contributed by atoms with van der Waals surface area (Å²) in [4.78, 5) is 13.8. The largest absolute Gasteiger partial charge is 0.495 e. The average molecular weight is 531 g/mol. The molecule has 2 aromatic rings. The van der Waals surface area contributed by atoms with Gasteiger partial charge in [0.15, 0.2) is 0 Å². The smallest absolute Gasteiger partial charge is 0.264 e. The van der Waals surface area contributed by atoms with Gasteiger partial charge < -0.3 is 10.1 Å². The van der Waals surface area contributed by atoms with Gasteiger partial charge in [-0.25, -0.2) is 8.42 Å². The molecule has 0 aromatic heterocycles. The van der Waals surface area contributed by atoms with E-state index >= 15 is 0 Å². The fourth-order valence-electron chi connectivity index (χ4n) is 8.05. The molecule has 2 unspecified atom stereocenters. The van der Waals surface area contributed by atoms with E-state index in [1.165, 1.54) is 32.4 Å². The van der Waals surface area contributed by atoms with Crippen LogP contribution in [0.4, 0.5) is 5.69 Å². The van der Waals surface area contributed by atoms with Crippen molar-refractivity contribution in [2.24, 2.45) is 16.7 Å². The second-order valence-corrected chi connectivity index (χ2v) is 14.4. The van der Waals surface area contributed by atoms with Gasteiger partial charge >= 0.3 is 0 Å². The number of amides is 1. The molecule has 4 fully saturated rings. The van der Waals surface area contributed by atoms with E-state index in [2.05, 4.69) is 19.2 Å². The number of halogens is 1. The van der Waals surface area contributed by atoms with E-state index in [4.69, 9.17) is 16.3 Å². The van der Waals surface area contributed by atoms with Gasteiger partial charge in [0.05, 0.1) is 17.7 Å². The van der Waals surface area contributed by atoms with Crippen LogP contribution in [0, 0.1) is 23.7 Å². The molecule has 1 N–H and O–H groups in total. The van der Waals surface area contributed by atoms with E-state index in [1.807, 2.05) is 6.92 Å². The SMILES string of the molecule is COc1ccc(Cl)cc1N(CC(=O)NC12CC3CC(C)(CC(C)(C3)C1)C2)S(=O)(=O)c1ccc(C)cc1. The molecule has 4 saturated carbocycles. The van der Waals surface area contributed by atoms with Gasteiger partial charge in [-0.05, 0) is 92.5 Å². The van der Waals surface area contributed by atoms with Crippen LogP contribution < -0.4 is 14.4 Å². The van der Waals surface area contributed by atoms with Crippen LogP contribution >= 0.6 is 11.6 Å². The quantitative estimate of drug-likeness (QED) is 0.497. The third-order valence-electron chi connectivity index (χ3n) is 8.34. The van der Waals surface area contributed by atoms with Gasteiger partial charge in [0.1, 0.15) is 12.3 Å². The maximum Gasteiger partial charge on any atom is 0.264 e. The van der Waals surface area contributed by atoms with Crippen molar-refractivity contribution in [3.63, 3.8) is 0 Å². The van der Waals surface area contributed by atoms with Crippen molar-refractivity contribution in [1.29, 1.82) is 0 Å². The minimum atomic E-state index is -4.07. The minimum absolute atomic E-state index is 0.109. The van der Waals surface area contributed by atoms with Gasteiger partial charge in [-0.15, -0.1) is 0 Å². The topological polar surface area (TPSA) is 75.7 Å². The minimum Gasteiger partial charge on any atom is -0.495 e. The van der Waals surface area contributed by atoms with E-state index < -0.39 is 10.0 Å². The van der Waals surface area contributed by atoms with Crippen LogP contribution in [0.1, 0.15) is 57.9 Å². The summed E-state index contributed by atoms with van der Waals surface area (Å²) >= 11 is 6.27. The lowest BCUT2D eigenvalue weighted by atomic mass is 9.43. The molecule has 1 amide bonds. The molecule has 8 heteroatoms. The predicted molar refractivity (Wildman–Crippen MR) is 142 cm³/mol. The highest BCUT2D eigenvalue weighted by Crippen LogP contribution is 2.66. The summed E-state index contributed by atoms with van der Waals surface area (Å²) in [5.74, 6) is 0.636. The first-order chi connectivity index (χ1) is 16.8. The van der Waals surface area contributed by atoms with Gasteiger partial charge in [-0.3, -0.25) is 9.10 Å². The Morgan fingerprint density at radius 2 is 1.69 bits per heavy atom. The summed E-state index contributed by atoms with van der Waals surface area (Å²) < 4.78 is 34.3. The summed E-state index contributed by atoms with van der Waals surface area (Å²) in [6.07, 6.45) is 6.49. The highest BCUT2D eigenvalue weighted by molar-refractivity contribution is 7.92. The van der Waals surface area contributed by atoms with Crippen LogP contribution in [0.3, 0.4) is 0 Å². The van der Waals surface area contributed by atoms with Crippen LogP contribution in [0.5, 0.6) is 5.75 Å². The van der Waals surface area contributed by atoms with E-state index in [0.717, 1.165) is 29.1 Å². The molecular weight excluding hydrogens is 496 g/mol. The van der Waals surface area contributed by atoms with Gasteiger partial charge in [-0.1, -0.05) is 43.1 Å². The molecule has 0 heterocycles. The summed E-state index contributed by atoms with van der Waals surface area (Å²) in [7, 11) is -2.60. The Hall–Kier alpha value is -2.25. The molecule has 2 atom stereocenters. The first-order valence-electron chi connectivity index (χ1n) is 12.6. The third kappa shape index (κ3) is 4.60. The summed E-state index contributed by atoms with van der Waals surface area (Å²) in [6, 6.07) is 11.4. The van der Waals surface area contributed by atoms with E-state index in [0.29, 0.717) is 16.7 Å². The molecule has 4 bridgehead atoms. The first-order valence-corrected chi connectivity index (χ1v) is 14.4. The molecule has 4 aliphatic rings. The predicted octanol–water partition coefficient (Wildman–Crippen LogP) is 5.72. The van der Waals surface area contributed by atoms with Crippen LogP contribution in [-0.2, 0) is 14.8 Å². The zero-order chi connectivity index (χ0) is 25.9. The normalized spacial score (nSPS) is 30.8.